The van der Waals surface area contributed by atoms with Gasteiger partial charge < -0.3 is 0 Å². The van der Waals surface area contributed by atoms with Gasteiger partial charge in [-0.25, -0.2) is 4.68 Å². The number of carbonyl (C=O) groups excluding carboxylic acids is 1. The maximum absolute atomic E-state index is 13.2. The third-order valence-electron chi connectivity index (χ3n) is 5.24. The molecule has 0 saturated heterocycles. The lowest BCUT2D eigenvalue weighted by Crippen LogP contribution is -2.21. The molecule has 1 aliphatic rings. The molecule has 2 heterocycles. The van der Waals surface area contributed by atoms with Crippen LogP contribution in [-0.2, 0) is 4.79 Å². The van der Waals surface area contributed by atoms with Crippen molar-refractivity contribution in [3.63, 3.8) is 0 Å². The van der Waals surface area contributed by atoms with Gasteiger partial charge in [-0.1, -0.05) is 60.1 Å². The summed E-state index contributed by atoms with van der Waals surface area (Å²) >= 11 is 6.09. The van der Waals surface area contributed by atoms with Crippen LogP contribution in [0.4, 0.5) is 5.69 Å². The van der Waals surface area contributed by atoms with Crippen LogP contribution >= 0.6 is 11.6 Å². The second kappa shape index (κ2) is 8.29. The van der Waals surface area contributed by atoms with Crippen molar-refractivity contribution < 1.29 is 4.79 Å². The molecule has 0 N–H and O–H groups in total. The lowest BCUT2D eigenvalue weighted by Gasteiger charge is -2.11. The predicted octanol–water partition coefficient (Wildman–Crippen LogP) is 6.00. The van der Waals surface area contributed by atoms with E-state index in [1.54, 1.807) is 0 Å². The second-order valence-electron chi connectivity index (χ2n) is 7.42. The molecule has 0 saturated carbocycles. The number of anilines is 1. The molecule has 156 valence electrons. The quantitative estimate of drug-likeness (QED) is 0.367. The van der Waals surface area contributed by atoms with Crippen LogP contribution in [0.3, 0.4) is 0 Å². The van der Waals surface area contributed by atoms with Crippen molar-refractivity contribution in [2.75, 3.05) is 5.01 Å². The van der Waals surface area contributed by atoms with Crippen molar-refractivity contribution in [1.82, 2.24) is 9.78 Å². The maximum Gasteiger partial charge on any atom is 0.280 e. The number of aromatic nitrogens is 2. The molecule has 0 aliphatic carbocycles. The van der Waals surface area contributed by atoms with Gasteiger partial charge in [0.15, 0.2) is 0 Å². The molecule has 3 aromatic carbocycles. The van der Waals surface area contributed by atoms with Crippen molar-refractivity contribution in [2.24, 2.45) is 5.10 Å². The first kappa shape index (κ1) is 20.0. The highest BCUT2D eigenvalue weighted by molar-refractivity contribution is 6.32. The van der Waals surface area contributed by atoms with Crippen LogP contribution in [0.2, 0.25) is 5.02 Å². The Balaban J connectivity index is 1.60. The number of hydrazone groups is 1. The third kappa shape index (κ3) is 3.74. The highest BCUT2D eigenvalue weighted by Gasteiger charge is 2.29. The van der Waals surface area contributed by atoms with Gasteiger partial charge in [0.1, 0.15) is 0 Å². The zero-order valence-corrected chi connectivity index (χ0v) is 18.1. The van der Waals surface area contributed by atoms with Crippen LogP contribution in [0.25, 0.3) is 23.0 Å². The first-order valence-electron chi connectivity index (χ1n) is 10.2. The van der Waals surface area contributed by atoms with Crippen molar-refractivity contribution in [2.45, 2.75) is 6.92 Å². The van der Waals surface area contributed by atoms with Crippen LogP contribution in [0, 0.1) is 0 Å². The number of nitrogens with zero attached hydrogens (tertiary/aromatic N) is 4. The van der Waals surface area contributed by atoms with E-state index >= 15 is 0 Å². The van der Waals surface area contributed by atoms with E-state index in [4.69, 9.17) is 16.7 Å². The van der Waals surface area contributed by atoms with Gasteiger partial charge in [0.25, 0.3) is 5.91 Å². The normalized spacial score (nSPS) is 14.8. The Hall–Kier alpha value is -3.96. The molecule has 1 aromatic heterocycles. The zero-order chi connectivity index (χ0) is 22.1. The number of hydrogen-bond acceptors (Lipinski definition) is 3. The summed E-state index contributed by atoms with van der Waals surface area (Å²) < 4.78 is 1.82. The third-order valence-corrected chi connectivity index (χ3v) is 5.50. The van der Waals surface area contributed by atoms with Gasteiger partial charge in [-0.15, -0.1) is 0 Å². The van der Waals surface area contributed by atoms with Crippen molar-refractivity contribution >= 4 is 35.0 Å². The van der Waals surface area contributed by atoms with E-state index < -0.39 is 0 Å². The minimum absolute atomic E-state index is 0.164. The first-order valence-corrected chi connectivity index (χ1v) is 10.6. The van der Waals surface area contributed by atoms with Gasteiger partial charge in [0.2, 0.25) is 0 Å². The summed E-state index contributed by atoms with van der Waals surface area (Å²) in [6.07, 6.45) is 3.79. The Morgan fingerprint density at radius 1 is 0.844 bits per heavy atom. The molecular formula is C26H19ClN4O. The lowest BCUT2D eigenvalue weighted by atomic mass is 10.0. The van der Waals surface area contributed by atoms with Crippen molar-refractivity contribution in [3.8, 4) is 16.9 Å². The number of halogens is 1. The molecule has 0 bridgehead atoms. The second-order valence-corrected chi connectivity index (χ2v) is 7.85. The standard InChI is InChI=1S/C26H19ClN4O/c1-18-24(26(32)31(28-18)23-10-6-3-7-11-23)16-20-17-30(22-8-4-2-5-9-22)29-25(20)19-12-14-21(27)15-13-19/h2-17H,1H3. The van der Waals surface area contributed by atoms with E-state index in [1.165, 1.54) is 5.01 Å². The van der Waals surface area contributed by atoms with E-state index in [-0.39, 0.29) is 5.91 Å². The van der Waals surface area contributed by atoms with Gasteiger partial charge in [-0.2, -0.15) is 15.2 Å². The average Bonchev–Trinajstić information content (AvgIpc) is 3.37. The monoisotopic (exact) mass is 438 g/mol. The summed E-state index contributed by atoms with van der Waals surface area (Å²) in [5, 5.41) is 11.4. The van der Waals surface area contributed by atoms with E-state index in [1.807, 2.05) is 109 Å². The molecule has 32 heavy (non-hydrogen) atoms. The smallest absolute Gasteiger partial charge is 0.267 e. The van der Waals surface area contributed by atoms with Crippen LogP contribution < -0.4 is 5.01 Å². The maximum atomic E-state index is 13.2. The van der Waals surface area contributed by atoms with E-state index in [0.29, 0.717) is 16.3 Å². The molecule has 0 fully saturated rings. The first-order chi connectivity index (χ1) is 15.6. The minimum Gasteiger partial charge on any atom is -0.267 e. The summed E-state index contributed by atoms with van der Waals surface area (Å²) in [7, 11) is 0. The topological polar surface area (TPSA) is 50.5 Å². The van der Waals surface area contributed by atoms with Gasteiger partial charge >= 0.3 is 0 Å². The van der Waals surface area contributed by atoms with Gasteiger partial charge in [-0.3, -0.25) is 4.79 Å². The lowest BCUT2D eigenvalue weighted by molar-refractivity contribution is -0.114. The number of rotatable bonds is 4. The van der Waals surface area contributed by atoms with Crippen molar-refractivity contribution in [1.29, 1.82) is 0 Å². The molecule has 5 nitrogen and oxygen atoms in total. The minimum atomic E-state index is -0.164. The molecule has 1 amide bonds. The van der Waals surface area contributed by atoms with Gasteiger partial charge in [0.05, 0.1) is 28.4 Å². The largest absolute Gasteiger partial charge is 0.280 e. The molecule has 1 aliphatic heterocycles. The van der Waals surface area contributed by atoms with Gasteiger partial charge in [0, 0.05) is 22.3 Å². The van der Waals surface area contributed by atoms with E-state index in [9.17, 15) is 4.79 Å². The fourth-order valence-electron chi connectivity index (χ4n) is 3.62. The van der Waals surface area contributed by atoms with E-state index in [2.05, 4.69) is 5.10 Å². The molecule has 0 unspecified atom stereocenters. The highest BCUT2D eigenvalue weighted by atomic mass is 35.5. The number of para-hydroxylation sites is 2. The summed E-state index contributed by atoms with van der Waals surface area (Å²) in [5.74, 6) is -0.164. The average molecular weight is 439 g/mol. The zero-order valence-electron chi connectivity index (χ0n) is 17.3. The van der Waals surface area contributed by atoms with E-state index in [0.717, 1.165) is 28.2 Å². The fourth-order valence-corrected chi connectivity index (χ4v) is 3.75. The molecular weight excluding hydrogens is 420 g/mol. The number of amides is 1. The molecule has 0 radical (unpaired) electrons. The molecule has 4 aromatic rings. The summed E-state index contributed by atoms with van der Waals surface area (Å²) in [6.45, 7) is 1.84. The number of carbonyl (C=O) groups is 1. The van der Waals surface area contributed by atoms with Crippen molar-refractivity contribution in [3.05, 3.63) is 107 Å². The van der Waals surface area contributed by atoms with Crippen LogP contribution in [-0.4, -0.2) is 21.4 Å². The Labute approximate surface area is 190 Å². The van der Waals surface area contributed by atoms with Crippen LogP contribution in [0.1, 0.15) is 12.5 Å². The number of hydrogen-bond donors (Lipinski definition) is 0. The Morgan fingerprint density at radius 2 is 1.47 bits per heavy atom. The molecule has 5 rings (SSSR count). The predicted molar refractivity (Wildman–Crippen MR) is 129 cm³/mol. The Kier molecular flexibility index (Phi) is 5.17. The SMILES string of the molecule is CC1=NN(c2ccccc2)C(=O)C1=Cc1cn(-c2ccccc2)nc1-c1ccc(Cl)cc1. The molecule has 0 spiro atoms. The van der Waals surface area contributed by atoms with Gasteiger partial charge in [-0.05, 0) is 49.4 Å². The number of benzene rings is 3. The summed E-state index contributed by atoms with van der Waals surface area (Å²) in [4.78, 5) is 13.2. The Morgan fingerprint density at radius 3 is 2.12 bits per heavy atom. The molecule has 6 heteroatoms. The van der Waals surface area contributed by atoms with Crippen LogP contribution in [0.15, 0.2) is 102 Å². The highest BCUT2D eigenvalue weighted by Crippen LogP contribution is 2.30. The Bertz CT molecular complexity index is 1340. The fraction of sp³-hybridized carbons (Fsp3) is 0.0385. The molecule has 0 atom stereocenters. The summed E-state index contributed by atoms with van der Waals surface area (Å²) in [6, 6.07) is 26.8. The van der Waals surface area contributed by atoms with Crippen LogP contribution in [0.5, 0.6) is 0 Å². The summed E-state index contributed by atoms with van der Waals surface area (Å²) in [5.41, 5.74) is 5.36.